The molecule has 0 radical (unpaired) electrons. The van der Waals surface area contributed by atoms with Crippen molar-refractivity contribution in [3.05, 3.63) is 58.2 Å². The van der Waals surface area contributed by atoms with Crippen LogP contribution < -0.4 is 5.32 Å². The molecule has 0 fully saturated rings. The SMILES string of the molecule is Cc1cc(NCc2cnccn2)ccc1[N+](=O)[O-]. The van der Waals surface area contributed by atoms with Crippen LogP contribution in [0.15, 0.2) is 36.8 Å². The molecule has 2 rings (SSSR count). The molecule has 0 saturated heterocycles. The van der Waals surface area contributed by atoms with Gasteiger partial charge in [-0.05, 0) is 19.1 Å². The summed E-state index contributed by atoms with van der Waals surface area (Å²) in [6.07, 6.45) is 4.91. The Hall–Kier alpha value is -2.50. The maximum absolute atomic E-state index is 10.7. The number of hydrogen-bond donors (Lipinski definition) is 1. The summed E-state index contributed by atoms with van der Waals surface area (Å²) in [6.45, 7) is 2.25. The first-order valence-corrected chi connectivity index (χ1v) is 5.40. The molecule has 0 bridgehead atoms. The fourth-order valence-electron chi connectivity index (χ4n) is 1.58. The summed E-state index contributed by atoms with van der Waals surface area (Å²) in [5.74, 6) is 0. The highest BCUT2D eigenvalue weighted by Crippen LogP contribution is 2.21. The zero-order valence-electron chi connectivity index (χ0n) is 9.83. The highest BCUT2D eigenvalue weighted by atomic mass is 16.6. The van der Waals surface area contributed by atoms with E-state index in [0.717, 1.165) is 11.4 Å². The van der Waals surface area contributed by atoms with Gasteiger partial charge in [-0.25, -0.2) is 0 Å². The second-order valence-corrected chi connectivity index (χ2v) is 3.81. The van der Waals surface area contributed by atoms with Crippen LogP contribution in [0, 0.1) is 17.0 Å². The van der Waals surface area contributed by atoms with Crippen LogP contribution in [-0.2, 0) is 6.54 Å². The number of aryl methyl sites for hydroxylation is 1. The summed E-state index contributed by atoms with van der Waals surface area (Å²) in [7, 11) is 0. The Morgan fingerprint density at radius 2 is 2.22 bits per heavy atom. The first-order chi connectivity index (χ1) is 8.66. The van der Waals surface area contributed by atoms with Gasteiger partial charge in [0.25, 0.3) is 5.69 Å². The minimum absolute atomic E-state index is 0.125. The standard InChI is InChI=1S/C12H12N4O2/c1-9-6-10(2-3-12(9)16(17)18)15-8-11-7-13-4-5-14-11/h2-7,15H,8H2,1H3. The Morgan fingerprint density at radius 1 is 1.39 bits per heavy atom. The van der Waals surface area contributed by atoms with Gasteiger partial charge in [-0.2, -0.15) is 0 Å². The molecule has 92 valence electrons. The maximum Gasteiger partial charge on any atom is 0.272 e. The predicted octanol–water partition coefficient (Wildman–Crippen LogP) is 2.31. The molecule has 2 aromatic rings. The zero-order chi connectivity index (χ0) is 13.0. The molecule has 0 aliphatic carbocycles. The molecule has 0 aliphatic heterocycles. The number of nitrogens with one attached hydrogen (secondary N) is 1. The highest BCUT2D eigenvalue weighted by Gasteiger charge is 2.09. The molecule has 0 amide bonds. The van der Waals surface area contributed by atoms with Gasteiger partial charge in [-0.15, -0.1) is 0 Å². The molecule has 1 N–H and O–H groups in total. The fraction of sp³-hybridized carbons (Fsp3) is 0.167. The van der Waals surface area contributed by atoms with E-state index in [4.69, 9.17) is 0 Å². The number of rotatable bonds is 4. The zero-order valence-corrected chi connectivity index (χ0v) is 9.83. The van der Waals surface area contributed by atoms with Crippen molar-refractivity contribution in [2.45, 2.75) is 13.5 Å². The smallest absolute Gasteiger partial charge is 0.272 e. The van der Waals surface area contributed by atoms with E-state index in [9.17, 15) is 10.1 Å². The van der Waals surface area contributed by atoms with Crippen LogP contribution in [0.25, 0.3) is 0 Å². The van der Waals surface area contributed by atoms with Crippen molar-refractivity contribution in [3.8, 4) is 0 Å². The Bertz CT molecular complexity index is 557. The number of benzene rings is 1. The lowest BCUT2D eigenvalue weighted by Crippen LogP contribution is -2.02. The Balaban J connectivity index is 2.07. The molecule has 6 heteroatoms. The van der Waals surface area contributed by atoms with E-state index in [0.29, 0.717) is 12.1 Å². The van der Waals surface area contributed by atoms with Crippen LogP contribution in [-0.4, -0.2) is 14.9 Å². The van der Waals surface area contributed by atoms with Crippen molar-refractivity contribution in [2.24, 2.45) is 0 Å². The van der Waals surface area contributed by atoms with Gasteiger partial charge >= 0.3 is 0 Å². The topological polar surface area (TPSA) is 81.0 Å². The first-order valence-electron chi connectivity index (χ1n) is 5.40. The van der Waals surface area contributed by atoms with Crippen LogP contribution in [0.1, 0.15) is 11.3 Å². The predicted molar refractivity (Wildman–Crippen MR) is 67.2 cm³/mol. The number of nitro benzene ring substituents is 1. The van der Waals surface area contributed by atoms with Crippen LogP contribution >= 0.6 is 0 Å². The molecule has 1 aromatic carbocycles. The summed E-state index contributed by atoms with van der Waals surface area (Å²) in [5, 5.41) is 13.8. The van der Waals surface area contributed by atoms with Gasteiger partial charge in [-0.1, -0.05) is 0 Å². The molecule has 0 saturated carbocycles. The molecule has 0 atom stereocenters. The number of anilines is 1. The molecule has 0 aliphatic rings. The van der Waals surface area contributed by atoms with E-state index in [1.165, 1.54) is 6.07 Å². The third-order valence-electron chi connectivity index (χ3n) is 2.48. The van der Waals surface area contributed by atoms with Crippen molar-refractivity contribution >= 4 is 11.4 Å². The average molecular weight is 244 g/mol. The maximum atomic E-state index is 10.7. The van der Waals surface area contributed by atoms with Gasteiger partial charge in [0.2, 0.25) is 0 Å². The van der Waals surface area contributed by atoms with E-state index >= 15 is 0 Å². The van der Waals surface area contributed by atoms with Crippen LogP contribution in [0.3, 0.4) is 0 Å². The third kappa shape index (κ3) is 2.79. The molecule has 1 heterocycles. The van der Waals surface area contributed by atoms with Gasteiger partial charge in [0.05, 0.1) is 23.4 Å². The Labute approximate surface area is 104 Å². The van der Waals surface area contributed by atoms with Gasteiger partial charge in [0, 0.05) is 29.7 Å². The van der Waals surface area contributed by atoms with Gasteiger partial charge in [0.15, 0.2) is 0 Å². The second-order valence-electron chi connectivity index (χ2n) is 3.81. The van der Waals surface area contributed by atoms with Crippen molar-refractivity contribution in [3.63, 3.8) is 0 Å². The molecule has 18 heavy (non-hydrogen) atoms. The second kappa shape index (κ2) is 5.22. The van der Waals surface area contributed by atoms with E-state index in [1.807, 2.05) is 0 Å². The van der Waals surface area contributed by atoms with Gasteiger partial charge in [-0.3, -0.25) is 20.1 Å². The minimum Gasteiger partial charge on any atom is -0.379 e. The monoisotopic (exact) mass is 244 g/mol. The highest BCUT2D eigenvalue weighted by molar-refractivity contribution is 5.53. The minimum atomic E-state index is -0.387. The van der Waals surface area contributed by atoms with Gasteiger partial charge < -0.3 is 5.32 Å². The van der Waals surface area contributed by atoms with Crippen molar-refractivity contribution in [1.82, 2.24) is 9.97 Å². The largest absolute Gasteiger partial charge is 0.379 e. The normalized spacial score (nSPS) is 10.1. The van der Waals surface area contributed by atoms with Crippen LogP contribution in [0.4, 0.5) is 11.4 Å². The summed E-state index contributed by atoms with van der Waals surface area (Å²) in [6, 6.07) is 4.92. The molecule has 1 aromatic heterocycles. The summed E-state index contributed by atoms with van der Waals surface area (Å²) < 4.78 is 0. The number of hydrogen-bond acceptors (Lipinski definition) is 5. The summed E-state index contributed by atoms with van der Waals surface area (Å²) in [4.78, 5) is 18.4. The van der Waals surface area contributed by atoms with E-state index in [1.54, 1.807) is 37.6 Å². The first kappa shape index (κ1) is 12.0. The molecule has 6 nitrogen and oxygen atoms in total. The third-order valence-corrected chi connectivity index (χ3v) is 2.48. The number of nitrogens with zero attached hydrogens (tertiary/aromatic N) is 3. The van der Waals surface area contributed by atoms with Crippen molar-refractivity contribution < 1.29 is 4.92 Å². The number of aromatic nitrogens is 2. The summed E-state index contributed by atoms with van der Waals surface area (Å²) in [5.41, 5.74) is 2.39. The van der Waals surface area contributed by atoms with Crippen LogP contribution in [0.5, 0.6) is 0 Å². The van der Waals surface area contributed by atoms with E-state index < -0.39 is 0 Å². The lowest BCUT2D eigenvalue weighted by Gasteiger charge is -2.06. The van der Waals surface area contributed by atoms with Crippen molar-refractivity contribution in [1.29, 1.82) is 0 Å². The molecule has 0 unspecified atom stereocenters. The number of nitro groups is 1. The lowest BCUT2D eigenvalue weighted by atomic mass is 10.2. The molecule has 0 spiro atoms. The summed E-state index contributed by atoms with van der Waals surface area (Å²) >= 11 is 0. The molecular weight excluding hydrogens is 232 g/mol. The van der Waals surface area contributed by atoms with Gasteiger partial charge in [0.1, 0.15) is 0 Å². The fourth-order valence-corrected chi connectivity index (χ4v) is 1.58. The van der Waals surface area contributed by atoms with E-state index in [2.05, 4.69) is 15.3 Å². The average Bonchev–Trinajstić information content (AvgIpc) is 2.37. The molecular formula is C12H12N4O2. The quantitative estimate of drug-likeness (QED) is 0.659. The Kier molecular flexibility index (Phi) is 3.47. The Morgan fingerprint density at radius 3 is 2.83 bits per heavy atom. The van der Waals surface area contributed by atoms with Crippen molar-refractivity contribution in [2.75, 3.05) is 5.32 Å². The lowest BCUT2D eigenvalue weighted by molar-refractivity contribution is -0.385. The van der Waals surface area contributed by atoms with E-state index in [-0.39, 0.29) is 10.6 Å². The van der Waals surface area contributed by atoms with Crippen LogP contribution in [0.2, 0.25) is 0 Å².